The van der Waals surface area contributed by atoms with Gasteiger partial charge >= 0.3 is 6.29 Å². The number of rotatable bonds is 9. The summed E-state index contributed by atoms with van der Waals surface area (Å²) in [5.74, 6) is -4.08. The highest BCUT2D eigenvalue weighted by Gasteiger charge is 2.52. The molecular weight excluding hydrogens is 487 g/mol. The summed E-state index contributed by atoms with van der Waals surface area (Å²) < 4.78 is 147. The van der Waals surface area contributed by atoms with Crippen LogP contribution in [0.2, 0.25) is 0 Å². The largest absolute Gasteiger partial charge is 0.586 e. The minimum atomic E-state index is -4.10. The van der Waals surface area contributed by atoms with Gasteiger partial charge in [0.15, 0.2) is 11.5 Å². The van der Waals surface area contributed by atoms with E-state index in [-0.39, 0.29) is 0 Å². The molecule has 2 N–H and O–H groups in total. The van der Waals surface area contributed by atoms with Crippen molar-refractivity contribution < 1.29 is 52.7 Å². The van der Waals surface area contributed by atoms with E-state index in [1.165, 1.54) is 13.8 Å². The van der Waals surface area contributed by atoms with E-state index in [0.717, 1.165) is 25.1 Å². The Morgan fingerprint density at radius 1 is 1.27 bits per heavy atom. The molecule has 1 aliphatic carbocycles. The van der Waals surface area contributed by atoms with E-state index < -0.39 is 131 Å². The number of aliphatic hydroxyl groups is 2. The molecule has 37 heavy (non-hydrogen) atoms. The van der Waals surface area contributed by atoms with E-state index in [9.17, 15) is 23.8 Å². The fourth-order valence-corrected chi connectivity index (χ4v) is 4.03. The quantitative estimate of drug-likeness (QED) is 0.409. The molecule has 0 radical (unpaired) electrons. The van der Waals surface area contributed by atoms with Crippen molar-refractivity contribution in [3.05, 3.63) is 59.0 Å². The second kappa shape index (κ2) is 8.77. The summed E-state index contributed by atoms with van der Waals surface area (Å²) in [6, 6.07) is -0.241. The van der Waals surface area contributed by atoms with Crippen LogP contribution in [0.3, 0.4) is 0 Å². The van der Waals surface area contributed by atoms with E-state index in [2.05, 4.69) is 9.47 Å². The van der Waals surface area contributed by atoms with Crippen LogP contribution in [0.25, 0.3) is 10.9 Å². The van der Waals surface area contributed by atoms with Crippen LogP contribution in [-0.2, 0) is 28.5 Å². The van der Waals surface area contributed by atoms with E-state index in [1.54, 1.807) is 0 Å². The Morgan fingerprint density at radius 2 is 1.97 bits per heavy atom. The van der Waals surface area contributed by atoms with Gasteiger partial charge in [-0.1, -0.05) is 26.8 Å². The Bertz CT molecular complexity index is 1860. The predicted molar refractivity (Wildman–Crippen MR) is 131 cm³/mol. The molecule has 0 unspecified atom stereocenters. The van der Waals surface area contributed by atoms with Gasteiger partial charge in [-0.3, -0.25) is 4.79 Å². The molecule has 2 aliphatic rings. The van der Waals surface area contributed by atoms with Crippen molar-refractivity contribution in [3.63, 3.8) is 0 Å². The third-order valence-electron chi connectivity index (χ3n) is 6.33. The highest BCUT2D eigenvalue weighted by Crippen LogP contribution is 2.52. The van der Waals surface area contributed by atoms with E-state index in [0.29, 0.717) is 4.57 Å². The summed E-state index contributed by atoms with van der Waals surface area (Å²) in [5, 5.41) is 19.4. The Morgan fingerprint density at radius 3 is 2.62 bits per heavy atom. The smallest absolute Gasteiger partial charge is 0.395 e. The topological polar surface area (TPSA) is 80.9 Å². The van der Waals surface area contributed by atoms with Crippen molar-refractivity contribution in [2.24, 2.45) is 0 Å². The van der Waals surface area contributed by atoms with Gasteiger partial charge < -0.3 is 24.3 Å². The lowest BCUT2D eigenvalue weighted by Gasteiger charge is -2.26. The monoisotopic (exact) mass is 528 g/mol. The van der Waals surface area contributed by atoms with Crippen LogP contribution in [-0.4, -0.2) is 39.6 Å². The lowest BCUT2D eigenvalue weighted by molar-refractivity contribution is -0.286. The lowest BCUT2D eigenvalue weighted by Crippen LogP contribution is -2.26. The first-order chi connectivity index (χ1) is 21.7. The first-order valence-corrected chi connectivity index (χ1v) is 11.2. The average Bonchev–Trinajstić information content (AvgIpc) is 3.23. The molecule has 0 spiro atoms. The normalized spacial score (nSPS) is 26.1. The molecule has 1 aliphatic heterocycles. The van der Waals surface area contributed by atoms with Crippen LogP contribution in [0, 0.1) is 5.82 Å². The van der Waals surface area contributed by atoms with Crippen LogP contribution < -0.4 is 9.47 Å². The molecule has 0 amide bonds. The first-order valence-electron chi connectivity index (χ1n) is 16.7. The minimum Gasteiger partial charge on any atom is -0.395 e. The van der Waals surface area contributed by atoms with Crippen molar-refractivity contribution in [2.75, 3.05) is 6.61 Å². The fourth-order valence-electron chi connectivity index (χ4n) is 4.03. The second-order valence-electron chi connectivity index (χ2n) is 9.21. The van der Waals surface area contributed by atoms with Crippen molar-refractivity contribution in [2.45, 2.75) is 76.0 Å². The van der Waals surface area contributed by atoms with Gasteiger partial charge in [0.25, 0.3) is 0 Å². The third kappa shape index (κ3) is 4.48. The number of alkyl halides is 2. The molecule has 2 heterocycles. The summed E-state index contributed by atoms with van der Waals surface area (Å²) in [7, 11) is 0. The molecular formula is C28H30F3NO5. The van der Waals surface area contributed by atoms with Gasteiger partial charge in [-0.25, -0.2) is 4.39 Å². The molecule has 1 atom stereocenters. The number of ketones is 1. The predicted octanol–water partition coefficient (Wildman–Crippen LogP) is 4.99. The summed E-state index contributed by atoms with van der Waals surface area (Å²) in [5.41, 5.74) is -7.23. The summed E-state index contributed by atoms with van der Waals surface area (Å²) in [4.78, 5) is 14.0. The fraction of sp³-hybridized carbons (Fsp3) is 0.464. The molecule has 5 rings (SSSR count). The number of hydrogen-bond acceptors (Lipinski definition) is 5. The standard InChI is InChI=1S/C28H30F3NO5/c1-4-26(2,3)24-10-17-9-16(20(29)13-21(17)32(24)14-19(34)15-33)11-25(35)27(7-8-27)18-5-6-22-23(12-18)37-28(30,31)36-22/h5-6,9-10,12-13,19,33-34H,4,7-8,11,14-15H2,1-3H3/t19-/m1/s1/i4D2,7D2,8D2,9D,10D,13D,14D2. The molecule has 0 saturated heterocycles. The van der Waals surface area contributed by atoms with Crippen molar-refractivity contribution in [3.8, 4) is 11.5 Å². The molecule has 1 fully saturated rings. The van der Waals surface area contributed by atoms with E-state index in [4.69, 9.17) is 15.1 Å². The molecule has 1 aromatic heterocycles. The minimum absolute atomic E-state index is 0.464. The highest BCUT2D eigenvalue weighted by atomic mass is 19.3. The van der Waals surface area contributed by atoms with E-state index >= 15 is 4.39 Å². The first kappa shape index (κ1) is 15.4. The molecule has 198 valence electrons. The van der Waals surface area contributed by atoms with Gasteiger partial charge in [-0.2, -0.15) is 0 Å². The number of aromatic nitrogens is 1. The third-order valence-corrected chi connectivity index (χ3v) is 6.33. The maximum Gasteiger partial charge on any atom is 0.586 e. The van der Waals surface area contributed by atoms with Crippen LogP contribution in [0.1, 0.15) is 71.8 Å². The van der Waals surface area contributed by atoms with Crippen molar-refractivity contribution in [1.29, 1.82) is 0 Å². The van der Waals surface area contributed by atoms with Gasteiger partial charge in [-0.05, 0) is 60.5 Å². The molecule has 6 nitrogen and oxygen atoms in total. The van der Waals surface area contributed by atoms with Crippen LogP contribution in [0.15, 0.2) is 36.3 Å². The summed E-state index contributed by atoms with van der Waals surface area (Å²) in [6.45, 7) is -0.634. The average molecular weight is 529 g/mol. The van der Waals surface area contributed by atoms with Gasteiger partial charge in [0.05, 0.1) is 37.0 Å². The molecule has 3 aromatic rings. The van der Waals surface area contributed by atoms with Crippen LogP contribution in [0.5, 0.6) is 11.5 Å². The number of fused-ring (bicyclic) bond motifs is 2. The maximum absolute atomic E-state index is 16.2. The number of hydrogen-bond donors (Lipinski definition) is 2. The van der Waals surface area contributed by atoms with Crippen LogP contribution >= 0.6 is 0 Å². The number of Topliss-reactive ketones (excluding diaryl/α,β-unsaturated/α-hetero) is 1. The number of benzene rings is 2. The number of carbonyl (C=O) groups is 1. The summed E-state index contributed by atoms with van der Waals surface area (Å²) in [6.07, 6.45) is -15.8. The Hall–Kier alpha value is -3.04. The summed E-state index contributed by atoms with van der Waals surface area (Å²) >= 11 is 0. The highest BCUT2D eigenvalue weighted by molar-refractivity contribution is 5.95. The zero-order chi connectivity index (χ0) is 36.5. The zero-order valence-corrected chi connectivity index (χ0v) is 19.9. The Kier molecular flexibility index (Phi) is 3.65. The van der Waals surface area contributed by atoms with Crippen molar-refractivity contribution >= 4 is 16.7 Å². The van der Waals surface area contributed by atoms with E-state index in [1.807, 2.05) is 0 Å². The second-order valence-corrected chi connectivity index (χ2v) is 9.21. The molecule has 2 aromatic carbocycles. The van der Waals surface area contributed by atoms with Gasteiger partial charge in [0.1, 0.15) is 11.6 Å². The molecule has 9 heteroatoms. The number of nitrogens with zero attached hydrogens (tertiary/aromatic N) is 1. The number of ether oxygens (including phenoxy) is 2. The zero-order valence-electron chi connectivity index (χ0n) is 30.9. The molecule has 0 bridgehead atoms. The van der Waals surface area contributed by atoms with Crippen LogP contribution in [0.4, 0.5) is 13.2 Å². The Labute approximate surface area is 228 Å². The number of aliphatic hydroxyl groups excluding tert-OH is 2. The SMILES string of the molecule is [2H]c1c(CC(=O)C2(c3ccc4c(c3)OC(F)(F)O4)C([2H])([2H])C2([2H])[2H])c(F)c([2H])c2c1c([2H])c(C(C)(C)C([2H])([2H])C)n2C([2H])([2H])[C@@H](O)CO. The molecule has 1 saturated carbocycles. The Balaban J connectivity index is 1.75. The van der Waals surface area contributed by atoms with Crippen molar-refractivity contribution in [1.82, 2.24) is 4.57 Å². The number of carbonyl (C=O) groups excluding carboxylic acids is 1. The number of halogens is 3. The van der Waals surface area contributed by atoms with Gasteiger partial charge in [0, 0.05) is 31.1 Å². The van der Waals surface area contributed by atoms with Gasteiger partial charge in [0.2, 0.25) is 0 Å². The van der Waals surface area contributed by atoms with Gasteiger partial charge in [-0.15, -0.1) is 8.78 Å². The lowest BCUT2D eigenvalue weighted by atomic mass is 9.86. The maximum atomic E-state index is 16.2.